The lowest BCUT2D eigenvalue weighted by Gasteiger charge is -2.37. The van der Waals surface area contributed by atoms with Gasteiger partial charge in [-0.05, 0) is 36.6 Å². The lowest BCUT2D eigenvalue weighted by Crippen LogP contribution is -2.41. The third-order valence-corrected chi connectivity index (χ3v) is 3.73. The lowest BCUT2D eigenvalue weighted by molar-refractivity contribution is 0.0945. The highest BCUT2D eigenvalue weighted by molar-refractivity contribution is 5.97. The number of aliphatic hydroxyl groups excluding tert-OH is 1. The fourth-order valence-electron chi connectivity index (χ4n) is 2.45. The van der Waals surface area contributed by atoms with Crippen molar-refractivity contribution >= 4 is 5.84 Å². The standard InChI is InChI=1S/C14H20FN3O2/c15-12-7-10(6-11(8-12)14(16)17-20)9-18(4-5-19)13-2-1-3-13/h6-8,13,19-20H,1-5,9H2,(H2,16,17). The highest BCUT2D eigenvalue weighted by Gasteiger charge is 2.24. The van der Waals surface area contributed by atoms with Gasteiger partial charge in [-0.2, -0.15) is 0 Å². The maximum atomic E-state index is 13.6. The summed E-state index contributed by atoms with van der Waals surface area (Å²) >= 11 is 0. The van der Waals surface area contributed by atoms with Crippen molar-refractivity contribution in [2.75, 3.05) is 13.2 Å². The van der Waals surface area contributed by atoms with Crippen LogP contribution in [0.5, 0.6) is 0 Å². The summed E-state index contributed by atoms with van der Waals surface area (Å²) in [6.45, 7) is 1.20. The first-order chi connectivity index (χ1) is 9.63. The SMILES string of the molecule is N/C(=N/O)c1cc(F)cc(CN(CCO)C2CCC2)c1. The van der Waals surface area contributed by atoms with Gasteiger partial charge in [0.05, 0.1) is 6.61 Å². The molecule has 0 aromatic heterocycles. The van der Waals surface area contributed by atoms with Gasteiger partial charge in [0.15, 0.2) is 5.84 Å². The van der Waals surface area contributed by atoms with E-state index in [2.05, 4.69) is 10.1 Å². The third kappa shape index (κ3) is 3.46. The summed E-state index contributed by atoms with van der Waals surface area (Å²) in [4.78, 5) is 2.15. The summed E-state index contributed by atoms with van der Waals surface area (Å²) < 4.78 is 13.6. The van der Waals surface area contributed by atoms with Crippen molar-refractivity contribution in [3.63, 3.8) is 0 Å². The molecule has 1 aliphatic rings. The summed E-state index contributed by atoms with van der Waals surface area (Å²) in [6, 6.07) is 4.84. The van der Waals surface area contributed by atoms with Gasteiger partial charge in [0, 0.05) is 24.7 Å². The predicted molar refractivity (Wildman–Crippen MR) is 74.0 cm³/mol. The molecular formula is C14H20FN3O2. The molecule has 6 heteroatoms. The van der Waals surface area contributed by atoms with Gasteiger partial charge in [0.1, 0.15) is 5.82 Å². The van der Waals surface area contributed by atoms with Crippen LogP contribution in [0.4, 0.5) is 4.39 Å². The van der Waals surface area contributed by atoms with E-state index in [9.17, 15) is 4.39 Å². The molecule has 1 aliphatic carbocycles. The molecule has 2 rings (SSSR count). The van der Waals surface area contributed by atoms with Crippen molar-refractivity contribution in [2.45, 2.75) is 31.8 Å². The van der Waals surface area contributed by atoms with Gasteiger partial charge in [0.2, 0.25) is 0 Å². The predicted octanol–water partition coefficient (Wildman–Crippen LogP) is 1.27. The summed E-state index contributed by atoms with van der Waals surface area (Å²) in [7, 11) is 0. The number of rotatable bonds is 6. The Morgan fingerprint density at radius 3 is 2.70 bits per heavy atom. The number of benzene rings is 1. The number of hydrogen-bond donors (Lipinski definition) is 3. The zero-order chi connectivity index (χ0) is 14.5. The molecule has 0 heterocycles. The van der Waals surface area contributed by atoms with Crippen molar-refractivity contribution in [1.29, 1.82) is 0 Å². The van der Waals surface area contributed by atoms with Crippen LogP contribution in [0.15, 0.2) is 23.4 Å². The topological polar surface area (TPSA) is 82.1 Å². The molecule has 0 atom stereocenters. The maximum Gasteiger partial charge on any atom is 0.170 e. The second kappa shape index (κ2) is 6.67. The Morgan fingerprint density at radius 1 is 1.40 bits per heavy atom. The Balaban J connectivity index is 2.16. The van der Waals surface area contributed by atoms with E-state index in [0.717, 1.165) is 18.4 Å². The first-order valence-corrected chi connectivity index (χ1v) is 6.76. The second-order valence-corrected chi connectivity index (χ2v) is 5.11. The zero-order valence-electron chi connectivity index (χ0n) is 11.3. The van der Waals surface area contributed by atoms with Crippen molar-refractivity contribution in [3.05, 3.63) is 35.1 Å². The van der Waals surface area contributed by atoms with E-state index in [-0.39, 0.29) is 12.4 Å². The number of hydrogen-bond acceptors (Lipinski definition) is 4. The van der Waals surface area contributed by atoms with Gasteiger partial charge in [-0.1, -0.05) is 11.6 Å². The molecule has 0 amide bonds. The Bertz CT molecular complexity index is 489. The van der Waals surface area contributed by atoms with Crippen LogP contribution in [0.2, 0.25) is 0 Å². The normalized spacial score (nSPS) is 16.4. The molecule has 5 nitrogen and oxygen atoms in total. The average molecular weight is 281 g/mol. The van der Waals surface area contributed by atoms with Crippen LogP contribution in [-0.2, 0) is 6.54 Å². The van der Waals surface area contributed by atoms with Crippen LogP contribution in [0.25, 0.3) is 0 Å². The van der Waals surface area contributed by atoms with Crippen LogP contribution < -0.4 is 5.73 Å². The van der Waals surface area contributed by atoms with Gasteiger partial charge < -0.3 is 16.0 Å². The van der Waals surface area contributed by atoms with E-state index < -0.39 is 5.82 Å². The van der Waals surface area contributed by atoms with Crippen LogP contribution in [0.3, 0.4) is 0 Å². The van der Waals surface area contributed by atoms with Gasteiger partial charge in [-0.3, -0.25) is 4.90 Å². The Morgan fingerprint density at radius 2 is 2.15 bits per heavy atom. The summed E-state index contributed by atoms with van der Waals surface area (Å²) in [5.74, 6) is -0.523. The maximum absolute atomic E-state index is 13.6. The van der Waals surface area contributed by atoms with Gasteiger partial charge >= 0.3 is 0 Å². The molecule has 0 bridgehead atoms. The van der Waals surface area contributed by atoms with E-state index in [0.29, 0.717) is 24.7 Å². The molecule has 1 aromatic carbocycles. The quantitative estimate of drug-likeness (QED) is 0.317. The molecule has 110 valence electrons. The van der Waals surface area contributed by atoms with Gasteiger partial charge in [-0.25, -0.2) is 4.39 Å². The second-order valence-electron chi connectivity index (χ2n) is 5.11. The van der Waals surface area contributed by atoms with Crippen LogP contribution in [-0.4, -0.2) is 40.2 Å². The van der Waals surface area contributed by atoms with Crippen LogP contribution >= 0.6 is 0 Å². The summed E-state index contributed by atoms with van der Waals surface area (Å²) in [5.41, 5.74) is 6.62. The van der Waals surface area contributed by atoms with Crippen molar-refractivity contribution < 1.29 is 14.7 Å². The smallest absolute Gasteiger partial charge is 0.170 e. The molecule has 1 saturated carbocycles. The largest absolute Gasteiger partial charge is 0.409 e. The number of nitrogens with two attached hydrogens (primary N) is 1. The molecule has 0 unspecified atom stereocenters. The highest BCUT2D eigenvalue weighted by Crippen LogP contribution is 2.26. The van der Waals surface area contributed by atoms with Crippen molar-refractivity contribution in [1.82, 2.24) is 4.90 Å². The number of nitrogens with zero attached hydrogens (tertiary/aromatic N) is 2. The molecule has 0 spiro atoms. The minimum absolute atomic E-state index is 0.0823. The monoisotopic (exact) mass is 281 g/mol. The van der Waals surface area contributed by atoms with E-state index in [4.69, 9.17) is 16.0 Å². The first-order valence-electron chi connectivity index (χ1n) is 6.76. The molecule has 1 aromatic rings. The van der Waals surface area contributed by atoms with Gasteiger partial charge in [-0.15, -0.1) is 0 Å². The fourth-order valence-corrected chi connectivity index (χ4v) is 2.45. The van der Waals surface area contributed by atoms with Crippen molar-refractivity contribution in [3.8, 4) is 0 Å². The Hall–Kier alpha value is -1.66. The molecule has 0 saturated heterocycles. The van der Waals surface area contributed by atoms with Crippen LogP contribution in [0.1, 0.15) is 30.4 Å². The van der Waals surface area contributed by atoms with E-state index in [1.807, 2.05) is 0 Å². The Kier molecular flexibility index (Phi) is 4.92. The minimum atomic E-state index is -0.415. The molecular weight excluding hydrogens is 261 g/mol. The van der Waals surface area contributed by atoms with Gasteiger partial charge in [0.25, 0.3) is 0 Å². The number of aliphatic hydroxyl groups is 1. The molecule has 1 fully saturated rings. The van der Waals surface area contributed by atoms with E-state index in [1.165, 1.54) is 18.6 Å². The molecule has 0 radical (unpaired) electrons. The molecule has 20 heavy (non-hydrogen) atoms. The number of amidine groups is 1. The summed E-state index contributed by atoms with van der Waals surface area (Å²) in [5, 5.41) is 20.7. The van der Waals surface area contributed by atoms with E-state index >= 15 is 0 Å². The summed E-state index contributed by atoms with van der Waals surface area (Å²) in [6.07, 6.45) is 3.43. The van der Waals surface area contributed by atoms with E-state index in [1.54, 1.807) is 6.07 Å². The average Bonchev–Trinajstić information content (AvgIpc) is 2.35. The molecule has 4 N–H and O–H groups in total. The minimum Gasteiger partial charge on any atom is -0.409 e. The fraction of sp³-hybridized carbons (Fsp3) is 0.500. The Labute approximate surface area is 117 Å². The van der Waals surface area contributed by atoms with Crippen molar-refractivity contribution in [2.24, 2.45) is 10.9 Å². The zero-order valence-corrected chi connectivity index (χ0v) is 11.3. The first kappa shape index (κ1) is 14.7. The number of oxime groups is 1. The number of halogens is 1. The third-order valence-electron chi connectivity index (χ3n) is 3.73. The highest BCUT2D eigenvalue weighted by atomic mass is 19.1. The molecule has 0 aliphatic heterocycles. The van der Waals surface area contributed by atoms with Crippen LogP contribution in [0, 0.1) is 5.82 Å². The lowest BCUT2D eigenvalue weighted by atomic mass is 9.91.